The highest BCUT2D eigenvalue weighted by Gasteiger charge is 2.17. The van der Waals surface area contributed by atoms with E-state index in [0.717, 1.165) is 41.9 Å². The average molecular weight is 232 g/mol. The lowest BCUT2D eigenvalue weighted by molar-refractivity contribution is 0.628. The molecule has 0 aromatic heterocycles. The van der Waals surface area contributed by atoms with Gasteiger partial charge in [0.2, 0.25) is 0 Å². The van der Waals surface area contributed by atoms with Crippen molar-refractivity contribution in [2.45, 2.75) is 19.3 Å². The van der Waals surface area contributed by atoms with Crippen LogP contribution in [0.5, 0.6) is 0 Å². The Morgan fingerprint density at radius 3 is 2.47 bits per heavy atom. The number of anilines is 1. The molecule has 3 heteroatoms. The van der Waals surface area contributed by atoms with Crippen LogP contribution in [0, 0.1) is 5.82 Å². The molecule has 0 spiro atoms. The molecule has 0 aliphatic heterocycles. The molecule has 0 heterocycles. The first-order valence-corrected chi connectivity index (χ1v) is 5.75. The first-order valence-electron chi connectivity index (χ1n) is 5.75. The normalized spacial score (nSPS) is 18.4. The number of benzene rings is 1. The van der Waals surface area contributed by atoms with Gasteiger partial charge in [0.05, 0.1) is 0 Å². The van der Waals surface area contributed by atoms with Crippen molar-refractivity contribution in [1.29, 1.82) is 0 Å². The third-order valence-electron chi connectivity index (χ3n) is 3.22. The van der Waals surface area contributed by atoms with Crippen molar-refractivity contribution < 1.29 is 4.39 Å². The van der Waals surface area contributed by atoms with E-state index in [9.17, 15) is 4.39 Å². The maximum atomic E-state index is 12.8. The molecular formula is C14H17FN2. The summed E-state index contributed by atoms with van der Waals surface area (Å²) in [6.45, 7) is 4.02. The Labute approximate surface area is 101 Å². The van der Waals surface area contributed by atoms with E-state index in [0.29, 0.717) is 0 Å². The fourth-order valence-electron chi connectivity index (χ4n) is 2.12. The van der Waals surface area contributed by atoms with Gasteiger partial charge in [-0.15, -0.1) is 0 Å². The predicted octanol–water partition coefficient (Wildman–Crippen LogP) is 3.17. The van der Waals surface area contributed by atoms with E-state index in [2.05, 4.69) is 6.58 Å². The van der Waals surface area contributed by atoms with E-state index in [4.69, 9.17) is 5.73 Å². The van der Waals surface area contributed by atoms with Gasteiger partial charge in [-0.25, -0.2) is 4.39 Å². The van der Waals surface area contributed by atoms with E-state index in [1.165, 1.54) is 12.1 Å². The molecule has 0 saturated heterocycles. The number of allylic oxidation sites excluding steroid dienone is 2. The molecule has 1 saturated carbocycles. The minimum absolute atomic E-state index is 0.237. The summed E-state index contributed by atoms with van der Waals surface area (Å²) in [6, 6.07) is 6.32. The maximum Gasteiger partial charge on any atom is 0.123 e. The second kappa shape index (κ2) is 4.62. The number of nitrogens with zero attached hydrogens (tertiary/aromatic N) is 1. The quantitative estimate of drug-likeness (QED) is 0.848. The molecule has 1 aromatic carbocycles. The van der Waals surface area contributed by atoms with Gasteiger partial charge < -0.3 is 10.6 Å². The van der Waals surface area contributed by atoms with Crippen molar-refractivity contribution in [3.63, 3.8) is 0 Å². The van der Waals surface area contributed by atoms with Crippen LogP contribution in [0.15, 0.2) is 47.8 Å². The van der Waals surface area contributed by atoms with E-state index < -0.39 is 0 Å². The molecule has 0 radical (unpaired) electrons. The van der Waals surface area contributed by atoms with E-state index >= 15 is 0 Å². The Morgan fingerprint density at radius 1 is 1.29 bits per heavy atom. The van der Waals surface area contributed by atoms with Gasteiger partial charge in [-0.05, 0) is 54.7 Å². The van der Waals surface area contributed by atoms with Crippen LogP contribution in [0.1, 0.15) is 19.3 Å². The highest BCUT2D eigenvalue weighted by molar-refractivity contribution is 5.53. The third kappa shape index (κ3) is 2.33. The lowest BCUT2D eigenvalue weighted by atomic mass is 10.1. The first kappa shape index (κ1) is 11.7. The first-order chi connectivity index (χ1) is 8.09. The molecule has 1 aliphatic carbocycles. The largest absolute Gasteiger partial charge is 0.385 e. The van der Waals surface area contributed by atoms with Crippen molar-refractivity contribution in [1.82, 2.24) is 0 Å². The molecule has 90 valence electrons. The van der Waals surface area contributed by atoms with E-state index in [1.54, 1.807) is 12.1 Å². The molecule has 0 unspecified atom stereocenters. The van der Waals surface area contributed by atoms with Gasteiger partial charge in [-0.3, -0.25) is 0 Å². The van der Waals surface area contributed by atoms with E-state index in [-0.39, 0.29) is 5.82 Å². The van der Waals surface area contributed by atoms with Gasteiger partial charge in [-0.2, -0.15) is 0 Å². The van der Waals surface area contributed by atoms with Crippen molar-refractivity contribution in [3.8, 4) is 0 Å². The molecule has 2 N–H and O–H groups in total. The summed E-state index contributed by atoms with van der Waals surface area (Å²) in [5, 5.41) is 0. The zero-order valence-corrected chi connectivity index (χ0v) is 10.0. The molecule has 2 rings (SSSR count). The summed E-state index contributed by atoms with van der Waals surface area (Å²) in [7, 11) is 1.89. The highest BCUT2D eigenvalue weighted by Crippen LogP contribution is 2.31. The van der Waals surface area contributed by atoms with Crippen LogP contribution in [0.3, 0.4) is 0 Å². The molecule has 0 bridgehead atoms. The fraction of sp³-hybridized carbons (Fsp3) is 0.286. The van der Waals surface area contributed by atoms with Crippen molar-refractivity contribution in [2.24, 2.45) is 5.73 Å². The third-order valence-corrected chi connectivity index (χ3v) is 3.22. The van der Waals surface area contributed by atoms with Crippen LogP contribution < -0.4 is 10.6 Å². The van der Waals surface area contributed by atoms with Crippen molar-refractivity contribution in [2.75, 3.05) is 11.9 Å². The topological polar surface area (TPSA) is 29.3 Å². The minimum atomic E-state index is -0.237. The standard InChI is InChI=1S/C14H17FN2/c1-10-4-3-5-13(10)14(16)17(2)12-8-6-11(15)7-9-12/h6-9H,1,3-5,16H2,2H3/b14-13-. The van der Waals surface area contributed by atoms with Gasteiger partial charge in [0.15, 0.2) is 0 Å². The molecule has 2 nitrogen and oxygen atoms in total. The van der Waals surface area contributed by atoms with Gasteiger partial charge in [0.1, 0.15) is 11.6 Å². The maximum absolute atomic E-state index is 12.8. The van der Waals surface area contributed by atoms with Gasteiger partial charge >= 0.3 is 0 Å². The monoisotopic (exact) mass is 232 g/mol. The molecule has 0 atom stereocenters. The smallest absolute Gasteiger partial charge is 0.123 e. The van der Waals surface area contributed by atoms with Crippen LogP contribution in [0.25, 0.3) is 0 Å². The van der Waals surface area contributed by atoms with Crippen LogP contribution >= 0.6 is 0 Å². The summed E-state index contributed by atoms with van der Waals surface area (Å²) in [5.74, 6) is 0.484. The zero-order valence-electron chi connectivity index (χ0n) is 10.0. The van der Waals surface area contributed by atoms with Gasteiger partial charge in [0, 0.05) is 12.7 Å². The second-order valence-corrected chi connectivity index (χ2v) is 4.36. The van der Waals surface area contributed by atoms with E-state index in [1.807, 2.05) is 11.9 Å². The lowest BCUT2D eigenvalue weighted by Gasteiger charge is -2.22. The molecule has 17 heavy (non-hydrogen) atoms. The Bertz CT molecular complexity index is 460. The van der Waals surface area contributed by atoms with Crippen LogP contribution in [0.4, 0.5) is 10.1 Å². The number of hydrogen-bond acceptors (Lipinski definition) is 2. The summed E-state index contributed by atoms with van der Waals surface area (Å²) < 4.78 is 12.8. The zero-order chi connectivity index (χ0) is 12.4. The van der Waals surface area contributed by atoms with Crippen LogP contribution in [0.2, 0.25) is 0 Å². The number of hydrogen-bond donors (Lipinski definition) is 1. The minimum Gasteiger partial charge on any atom is -0.385 e. The molecule has 0 amide bonds. The van der Waals surface area contributed by atoms with Gasteiger partial charge in [0.25, 0.3) is 0 Å². The number of rotatable bonds is 2. The number of nitrogens with two attached hydrogens (primary N) is 1. The summed E-state index contributed by atoms with van der Waals surface area (Å²) in [5.41, 5.74) is 9.28. The Balaban J connectivity index is 2.28. The number of halogens is 1. The molecule has 1 fully saturated rings. The van der Waals surface area contributed by atoms with Crippen molar-refractivity contribution >= 4 is 5.69 Å². The Morgan fingerprint density at radius 2 is 1.94 bits per heavy atom. The van der Waals surface area contributed by atoms with Crippen molar-refractivity contribution in [3.05, 3.63) is 53.6 Å². The average Bonchev–Trinajstić information content (AvgIpc) is 2.74. The second-order valence-electron chi connectivity index (χ2n) is 4.36. The summed E-state index contributed by atoms with van der Waals surface area (Å²) in [6.07, 6.45) is 3.12. The summed E-state index contributed by atoms with van der Waals surface area (Å²) in [4.78, 5) is 1.88. The fourth-order valence-corrected chi connectivity index (χ4v) is 2.12. The van der Waals surface area contributed by atoms with Crippen LogP contribution in [-0.2, 0) is 0 Å². The molecule has 1 aromatic rings. The highest BCUT2D eigenvalue weighted by atomic mass is 19.1. The molecule has 1 aliphatic rings. The predicted molar refractivity (Wildman–Crippen MR) is 69.0 cm³/mol. The Kier molecular flexibility index (Phi) is 3.18. The summed E-state index contributed by atoms with van der Waals surface area (Å²) >= 11 is 0. The molecular weight excluding hydrogens is 215 g/mol. The SMILES string of the molecule is C=C1CCC/C1=C(\N)N(C)c1ccc(F)cc1. The van der Waals surface area contributed by atoms with Gasteiger partial charge in [-0.1, -0.05) is 6.58 Å². The van der Waals surface area contributed by atoms with Crippen LogP contribution in [-0.4, -0.2) is 7.05 Å². The Hall–Kier alpha value is -1.77. The lowest BCUT2D eigenvalue weighted by Crippen LogP contribution is -2.24.